The van der Waals surface area contributed by atoms with Crippen LogP contribution in [0, 0.1) is 6.92 Å². The summed E-state index contributed by atoms with van der Waals surface area (Å²) in [6, 6.07) is 25.8. The van der Waals surface area contributed by atoms with Crippen molar-refractivity contribution < 1.29 is 4.79 Å². The fraction of sp³-hybridized carbons (Fsp3) is 0.0833. The van der Waals surface area contributed by atoms with Crippen molar-refractivity contribution in [3.05, 3.63) is 102 Å². The number of hydrogen-bond donors (Lipinski definition) is 2. The van der Waals surface area contributed by atoms with E-state index in [2.05, 4.69) is 41.8 Å². The molecule has 3 aromatic carbocycles. The lowest BCUT2D eigenvalue weighted by Crippen LogP contribution is -2.38. The molecule has 29 heavy (non-hydrogen) atoms. The number of amides is 1. The fourth-order valence-electron chi connectivity index (χ4n) is 3.61. The summed E-state index contributed by atoms with van der Waals surface area (Å²) in [7, 11) is 0. The maximum atomic E-state index is 12.7. The standard InChI is InChI=1S/C24H20N4O/c1-16-11-13-17(14-12-16)22-20(15-28(27-22)18-7-3-2-4-8-18)23-25-21-10-6-5-9-19(21)24(29)26-23/h2-15,23,25H,1H3,(H,26,29). The number of benzene rings is 3. The lowest BCUT2D eigenvalue weighted by atomic mass is 10.0. The molecule has 0 spiro atoms. The van der Waals surface area contributed by atoms with Crippen molar-refractivity contribution in [3.8, 4) is 16.9 Å². The maximum absolute atomic E-state index is 12.7. The largest absolute Gasteiger partial charge is 0.361 e. The van der Waals surface area contributed by atoms with Crippen molar-refractivity contribution in [1.29, 1.82) is 0 Å². The van der Waals surface area contributed by atoms with E-state index in [1.54, 1.807) is 0 Å². The van der Waals surface area contributed by atoms with Crippen molar-refractivity contribution in [2.45, 2.75) is 13.1 Å². The Balaban J connectivity index is 1.62. The number of carbonyl (C=O) groups is 1. The average molecular weight is 380 g/mol. The minimum absolute atomic E-state index is 0.0910. The van der Waals surface area contributed by atoms with Crippen LogP contribution in [-0.2, 0) is 0 Å². The molecule has 1 aliphatic rings. The van der Waals surface area contributed by atoms with Gasteiger partial charge in [-0.05, 0) is 31.2 Å². The predicted molar refractivity (Wildman–Crippen MR) is 114 cm³/mol. The zero-order chi connectivity index (χ0) is 19.8. The molecule has 1 unspecified atom stereocenters. The summed E-state index contributed by atoms with van der Waals surface area (Å²) in [5.74, 6) is -0.0910. The fourth-order valence-corrected chi connectivity index (χ4v) is 3.61. The van der Waals surface area contributed by atoms with Crippen LogP contribution in [0.5, 0.6) is 0 Å². The molecule has 142 valence electrons. The number of rotatable bonds is 3. The molecule has 0 saturated heterocycles. The van der Waals surface area contributed by atoms with Crippen LogP contribution < -0.4 is 10.6 Å². The van der Waals surface area contributed by atoms with Crippen molar-refractivity contribution in [2.75, 3.05) is 5.32 Å². The summed E-state index contributed by atoms with van der Waals surface area (Å²) >= 11 is 0. The van der Waals surface area contributed by atoms with Crippen LogP contribution in [0.3, 0.4) is 0 Å². The van der Waals surface area contributed by atoms with Gasteiger partial charge >= 0.3 is 0 Å². The second kappa shape index (κ2) is 6.95. The number of carbonyl (C=O) groups excluding carboxylic acids is 1. The van der Waals surface area contributed by atoms with Gasteiger partial charge in [0.15, 0.2) is 0 Å². The molecule has 0 radical (unpaired) electrons. The van der Waals surface area contributed by atoms with E-state index in [-0.39, 0.29) is 12.1 Å². The van der Waals surface area contributed by atoms with Gasteiger partial charge in [-0.3, -0.25) is 4.79 Å². The summed E-state index contributed by atoms with van der Waals surface area (Å²) in [5, 5.41) is 11.4. The van der Waals surface area contributed by atoms with Crippen LogP contribution in [-0.4, -0.2) is 15.7 Å². The van der Waals surface area contributed by atoms with E-state index in [9.17, 15) is 4.79 Å². The van der Waals surface area contributed by atoms with Gasteiger partial charge in [0.05, 0.1) is 16.9 Å². The Morgan fingerprint density at radius 3 is 2.38 bits per heavy atom. The summed E-state index contributed by atoms with van der Waals surface area (Å²) in [6.45, 7) is 2.06. The quantitative estimate of drug-likeness (QED) is 0.542. The van der Waals surface area contributed by atoms with Gasteiger partial charge in [-0.25, -0.2) is 4.68 Å². The molecule has 2 N–H and O–H groups in total. The van der Waals surface area contributed by atoms with Crippen LogP contribution in [0.15, 0.2) is 85.1 Å². The van der Waals surface area contributed by atoms with E-state index in [1.165, 1.54) is 5.56 Å². The van der Waals surface area contributed by atoms with E-state index in [0.29, 0.717) is 5.56 Å². The monoisotopic (exact) mass is 380 g/mol. The predicted octanol–water partition coefficient (Wildman–Crippen LogP) is 4.70. The average Bonchev–Trinajstić information content (AvgIpc) is 3.20. The number of aromatic nitrogens is 2. The Morgan fingerprint density at radius 2 is 1.59 bits per heavy atom. The van der Waals surface area contributed by atoms with Crippen molar-refractivity contribution in [1.82, 2.24) is 15.1 Å². The molecule has 2 heterocycles. The van der Waals surface area contributed by atoms with Gasteiger partial charge in [-0.2, -0.15) is 5.10 Å². The third-order valence-electron chi connectivity index (χ3n) is 5.15. The number of para-hydroxylation sites is 2. The highest BCUT2D eigenvalue weighted by molar-refractivity contribution is 6.01. The van der Waals surface area contributed by atoms with Crippen LogP contribution in [0.4, 0.5) is 5.69 Å². The SMILES string of the molecule is Cc1ccc(-c2nn(-c3ccccc3)cc2C2NC(=O)c3ccccc3N2)cc1. The van der Waals surface area contributed by atoms with Gasteiger partial charge in [-0.15, -0.1) is 0 Å². The first-order chi connectivity index (χ1) is 14.2. The molecule has 0 saturated carbocycles. The normalized spacial score (nSPS) is 15.3. The molecule has 5 heteroatoms. The lowest BCUT2D eigenvalue weighted by molar-refractivity contribution is 0.0936. The minimum atomic E-state index is -0.369. The van der Waals surface area contributed by atoms with Gasteiger partial charge in [-0.1, -0.05) is 60.2 Å². The van der Waals surface area contributed by atoms with Gasteiger partial charge in [0.25, 0.3) is 5.91 Å². The smallest absolute Gasteiger partial charge is 0.255 e. The van der Waals surface area contributed by atoms with Crippen LogP contribution in [0.1, 0.15) is 27.7 Å². The Hall–Kier alpha value is -3.86. The first-order valence-corrected chi connectivity index (χ1v) is 9.57. The van der Waals surface area contributed by atoms with Crippen LogP contribution >= 0.6 is 0 Å². The second-order valence-corrected chi connectivity index (χ2v) is 7.18. The van der Waals surface area contributed by atoms with E-state index in [4.69, 9.17) is 5.10 Å². The number of nitrogens with one attached hydrogen (secondary N) is 2. The zero-order valence-electron chi connectivity index (χ0n) is 16.0. The molecule has 5 nitrogen and oxygen atoms in total. The molecule has 1 atom stereocenters. The summed E-state index contributed by atoms with van der Waals surface area (Å²) in [4.78, 5) is 12.7. The molecule has 1 aliphatic heterocycles. The van der Waals surface area contributed by atoms with E-state index < -0.39 is 0 Å². The van der Waals surface area contributed by atoms with Crippen LogP contribution in [0.25, 0.3) is 16.9 Å². The Kier molecular flexibility index (Phi) is 4.13. The van der Waals surface area contributed by atoms with Crippen LogP contribution in [0.2, 0.25) is 0 Å². The van der Waals surface area contributed by atoms with E-state index in [1.807, 2.05) is 65.5 Å². The third-order valence-corrected chi connectivity index (χ3v) is 5.15. The molecule has 5 rings (SSSR count). The number of fused-ring (bicyclic) bond motifs is 1. The molecule has 4 aromatic rings. The molecular formula is C24H20N4O. The van der Waals surface area contributed by atoms with Crippen molar-refractivity contribution in [2.24, 2.45) is 0 Å². The summed E-state index contributed by atoms with van der Waals surface area (Å²) in [6.07, 6.45) is 1.61. The first-order valence-electron chi connectivity index (χ1n) is 9.57. The van der Waals surface area contributed by atoms with E-state index >= 15 is 0 Å². The van der Waals surface area contributed by atoms with Crippen molar-refractivity contribution >= 4 is 11.6 Å². The Labute approximate surface area is 169 Å². The van der Waals surface area contributed by atoms with Gasteiger partial charge in [0.2, 0.25) is 0 Å². The molecule has 0 aliphatic carbocycles. The summed E-state index contributed by atoms with van der Waals surface area (Å²) < 4.78 is 1.86. The number of nitrogens with zero attached hydrogens (tertiary/aromatic N) is 2. The molecule has 1 aromatic heterocycles. The second-order valence-electron chi connectivity index (χ2n) is 7.18. The lowest BCUT2D eigenvalue weighted by Gasteiger charge is -2.27. The molecule has 0 fully saturated rings. The maximum Gasteiger partial charge on any atom is 0.255 e. The van der Waals surface area contributed by atoms with Crippen molar-refractivity contribution in [3.63, 3.8) is 0 Å². The number of anilines is 1. The van der Waals surface area contributed by atoms with Gasteiger partial charge < -0.3 is 10.6 Å². The topological polar surface area (TPSA) is 59.0 Å². The highest BCUT2D eigenvalue weighted by atomic mass is 16.2. The first kappa shape index (κ1) is 17.3. The molecular weight excluding hydrogens is 360 g/mol. The van der Waals surface area contributed by atoms with E-state index in [0.717, 1.165) is 28.2 Å². The number of hydrogen-bond acceptors (Lipinski definition) is 3. The van der Waals surface area contributed by atoms with Gasteiger partial charge in [0, 0.05) is 23.0 Å². The highest BCUT2D eigenvalue weighted by Gasteiger charge is 2.28. The Bertz CT molecular complexity index is 1180. The molecule has 1 amide bonds. The third kappa shape index (κ3) is 3.17. The van der Waals surface area contributed by atoms with Gasteiger partial charge in [0.1, 0.15) is 6.17 Å². The zero-order valence-corrected chi connectivity index (χ0v) is 16.0. The minimum Gasteiger partial charge on any atom is -0.361 e. The highest BCUT2D eigenvalue weighted by Crippen LogP contribution is 2.32. The summed E-state index contributed by atoms with van der Waals surface area (Å²) in [5.41, 5.74) is 6.40. The number of aryl methyl sites for hydroxylation is 1. The molecule has 0 bridgehead atoms. The Morgan fingerprint density at radius 1 is 0.862 bits per heavy atom.